The van der Waals surface area contributed by atoms with E-state index in [0.29, 0.717) is 11.2 Å². The Kier molecular flexibility index (Phi) is 4.82. The molecule has 5 aliphatic rings. The van der Waals surface area contributed by atoms with E-state index in [1.165, 1.54) is 51.4 Å². The number of ether oxygens (including phenoxy) is 1. The largest absolute Gasteiger partial charge is 0.357 e. The molecule has 0 aromatic carbocycles. The molecule has 1 aliphatic heterocycles. The molecule has 0 N–H and O–H groups in total. The van der Waals surface area contributed by atoms with Gasteiger partial charge in [-0.25, -0.2) is 0 Å². The highest BCUT2D eigenvalue weighted by atomic mass is 16.6. The maximum Gasteiger partial charge on any atom is 0.164 e. The van der Waals surface area contributed by atoms with Gasteiger partial charge in [-0.1, -0.05) is 53.9 Å². The molecule has 1 heterocycles. The Hall–Kier alpha value is -0.370. The molecule has 0 unspecified atom stereocenters. The molecule has 4 saturated carbocycles. The number of fused-ring (bicyclic) bond motifs is 4. The van der Waals surface area contributed by atoms with E-state index >= 15 is 0 Å². The van der Waals surface area contributed by atoms with E-state index in [4.69, 9.17) is 4.74 Å². The Morgan fingerprint density at radius 3 is 2.52 bits per heavy atom. The fourth-order valence-corrected chi connectivity index (χ4v) is 9.52. The van der Waals surface area contributed by atoms with Gasteiger partial charge in [0.1, 0.15) is 11.7 Å². The summed E-state index contributed by atoms with van der Waals surface area (Å²) >= 11 is 0. The number of Topliss-reactive ketones (excluding diaryl/α,β-unsaturated/α-hetero) is 1. The quantitative estimate of drug-likeness (QED) is 0.474. The minimum absolute atomic E-state index is 0.0344. The average molecular weight is 401 g/mol. The molecule has 2 nitrogen and oxygen atoms in total. The van der Waals surface area contributed by atoms with Crippen LogP contribution in [0, 0.1) is 46.3 Å². The fraction of sp³-hybridized carbons (Fsp3) is 0.963. The zero-order chi connectivity index (χ0) is 20.6. The highest BCUT2D eigenvalue weighted by Gasteiger charge is 2.76. The Morgan fingerprint density at radius 1 is 0.966 bits per heavy atom. The summed E-state index contributed by atoms with van der Waals surface area (Å²) in [7, 11) is 0. The van der Waals surface area contributed by atoms with Crippen molar-refractivity contribution < 1.29 is 9.53 Å². The summed E-state index contributed by atoms with van der Waals surface area (Å²) < 4.78 is 6.24. The normalized spacial score (nSPS) is 51.8. The number of hydrogen-bond acceptors (Lipinski definition) is 2. The second-order valence-electron chi connectivity index (χ2n) is 12.7. The second-order valence-corrected chi connectivity index (χ2v) is 12.7. The lowest BCUT2D eigenvalue weighted by molar-refractivity contribution is -0.132. The van der Waals surface area contributed by atoms with E-state index in [1.54, 1.807) is 0 Å². The van der Waals surface area contributed by atoms with Gasteiger partial charge in [0.2, 0.25) is 0 Å². The van der Waals surface area contributed by atoms with Crippen molar-refractivity contribution in [1.29, 1.82) is 0 Å². The predicted molar refractivity (Wildman–Crippen MR) is 118 cm³/mol. The minimum atomic E-state index is -0.0562. The van der Waals surface area contributed by atoms with Crippen LogP contribution < -0.4 is 0 Å². The molecule has 0 radical (unpaired) electrons. The van der Waals surface area contributed by atoms with Crippen LogP contribution in [0.2, 0.25) is 0 Å². The molecule has 2 heteroatoms. The number of carbonyl (C=O) groups excluding carboxylic acids is 1. The first-order chi connectivity index (χ1) is 13.7. The summed E-state index contributed by atoms with van der Waals surface area (Å²) in [6.45, 7) is 12.5. The number of rotatable bonds is 5. The van der Waals surface area contributed by atoms with Gasteiger partial charge in [-0.3, -0.25) is 4.79 Å². The van der Waals surface area contributed by atoms with E-state index in [1.807, 2.05) is 0 Å². The van der Waals surface area contributed by atoms with Crippen LogP contribution in [0.5, 0.6) is 0 Å². The van der Waals surface area contributed by atoms with Crippen LogP contribution in [0.3, 0.4) is 0 Å². The minimum Gasteiger partial charge on any atom is -0.357 e. The molecule has 0 amide bonds. The fourth-order valence-electron chi connectivity index (χ4n) is 9.52. The first-order valence-electron chi connectivity index (χ1n) is 12.9. The zero-order valence-electron chi connectivity index (χ0n) is 19.6. The van der Waals surface area contributed by atoms with Crippen LogP contribution in [-0.4, -0.2) is 17.5 Å². The molecule has 5 rings (SSSR count). The van der Waals surface area contributed by atoms with Crippen LogP contribution >= 0.6 is 0 Å². The van der Waals surface area contributed by atoms with Crippen LogP contribution in [0.1, 0.15) is 105 Å². The van der Waals surface area contributed by atoms with E-state index in [0.717, 1.165) is 54.8 Å². The maximum absolute atomic E-state index is 12.3. The lowest BCUT2D eigenvalue weighted by Crippen LogP contribution is -2.58. The number of epoxide rings is 1. The standard InChI is InChI=1S/C27H44O2/c1-17(2)7-6-8-18(3)20-9-10-21-19-11-16-27-24(29-27)23(28)13-15-26(27,5)22(19)12-14-25(20,21)4/h17-22,24H,6-16H2,1-5H3/t18-,19-,20+,21-,22-,24-,25+,26+,27+/m0/s1. The smallest absolute Gasteiger partial charge is 0.164 e. The predicted octanol–water partition coefficient (Wildman–Crippen LogP) is 6.81. The highest BCUT2D eigenvalue weighted by Crippen LogP contribution is 2.73. The average Bonchev–Trinajstić information content (AvgIpc) is 3.31. The van der Waals surface area contributed by atoms with Gasteiger partial charge in [0.25, 0.3) is 0 Å². The van der Waals surface area contributed by atoms with Crippen molar-refractivity contribution in [3.63, 3.8) is 0 Å². The van der Waals surface area contributed by atoms with Crippen molar-refractivity contribution in [2.24, 2.45) is 46.3 Å². The topological polar surface area (TPSA) is 29.6 Å². The summed E-state index contributed by atoms with van der Waals surface area (Å²) in [5, 5.41) is 0. The van der Waals surface area contributed by atoms with Gasteiger partial charge in [-0.05, 0) is 85.9 Å². The summed E-state index contributed by atoms with van der Waals surface area (Å²) in [5.41, 5.74) is 0.768. The van der Waals surface area contributed by atoms with Crippen molar-refractivity contribution in [3.8, 4) is 0 Å². The second kappa shape index (κ2) is 6.81. The first kappa shape index (κ1) is 20.5. The molecular formula is C27H44O2. The van der Waals surface area contributed by atoms with Gasteiger partial charge in [0.15, 0.2) is 5.78 Å². The molecular weight excluding hydrogens is 356 g/mol. The Bertz CT molecular complexity index is 669. The van der Waals surface area contributed by atoms with Crippen LogP contribution in [0.25, 0.3) is 0 Å². The van der Waals surface area contributed by atoms with E-state index in [2.05, 4.69) is 34.6 Å². The molecule has 5 fully saturated rings. The third-order valence-corrected chi connectivity index (χ3v) is 11.2. The van der Waals surface area contributed by atoms with E-state index in [9.17, 15) is 4.79 Å². The summed E-state index contributed by atoms with van der Waals surface area (Å²) in [5.74, 6) is 5.66. The van der Waals surface area contributed by atoms with Crippen molar-refractivity contribution in [2.75, 3.05) is 0 Å². The van der Waals surface area contributed by atoms with Crippen LogP contribution in [0.15, 0.2) is 0 Å². The molecule has 4 aliphatic carbocycles. The molecule has 0 bridgehead atoms. The van der Waals surface area contributed by atoms with Gasteiger partial charge in [0.05, 0.1) is 0 Å². The molecule has 0 aromatic rings. The molecule has 164 valence electrons. The number of carbonyl (C=O) groups is 1. The molecule has 0 aromatic heterocycles. The molecule has 9 atom stereocenters. The van der Waals surface area contributed by atoms with Gasteiger partial charge in [-0.15, -0.1) is 0 Å². The lowest BCUT2D eigenvalue weighted by Gasteiger charge is -2.59. The van der Waals surface area contributed by atoms with E-state index in [-0.39, 0.29) is 17.1 Å². The van der Waals surface area contributed by atoms with Crippen molar-refractivity contribution in [3.05, 3.63) is 0 Å². The SMILES string of the molecule is CC(C)CCC[C@H](C)[C@H]1CC[C@H]2[C@@H]3CC[C@@]45O[C@H]4C(=O)CC[C@]5(C)[C@H]3CC[C@]12C. The zero-order valence-corrected chi connectivity index (χ0v) is 19.6. The Balaban J connectivity index is 1.32. The first-order valence-corrected chi connectivity index (χ1v) is 12.9. The summed E-state index contributed by atoms with van der Waals surface area (Å²) in [6.07, 6.45) is 14.3. The third kappa shape index (κ3) is 2.79. The summed E-state index contributed by atoms with van der Waals surface area (Å²) in [4.78, 5) is 12.3. The highest BCUT2D eigenvalue weighted by molar-refractivity contribution is 5.88. The lowest BCUT2D eigenvalue weighted by atomic mass is 9.44. The van der Waals surface area contributed by atoms with Gasteiger partial charge >= 0.3 is 0 Å². The van der Waals surface area contributed by atoms with Gasteiger partial charge in [0, 0.05) is 11.8 Å². The van der Waals surface area contributed by atoms with Crippen LogP contribution in [0.4, 0.5) is 0 Å². The summed E-state index contributed by atoms with van der Waals surface area (Å²) in [6, 6.07) is 0. The Morgan fingerprint density at radius 2 is 1.76 bits per heavy atom. The van der Waals surface area contributed by atoms with Gasteiger partial charge in [-0.2, -0.15) is 0 Å². The van der Waals surface area contributed by atoms with Crippen molar-refractivity contribution >= 4 is 5.78 Å². The maximum atomic E-state index is 12.3. The number of ketones is 1. The number of hydrogen-bond donors (Lipinski definition) is 0. The van der Waals surface area contributed by atoms with Gasteiger partial charge < -0.3 is 4.74 Å². The Labute approximate surface area is 178 Å². The monoisotopic (exact) mass is 400 g/mol. The van der Waals surface area contributed by atoms with E-state index < -0.39 is 0 Å². The molecule has 29 heavy (non-hydrogen) atoms. The van der Waals surface area contributed by atoms with Crippen molar-refractivity contribution in [1.82, 2.24) is 0 Å². The van der Waals surface area contributed by atoms with Crippen LogP contribution in [-0.2, 0) is 9.53 Å². The third-order valence-electron chi connectivity index (χ3n) is 11.2. The molecule has 1 spiro atoms. The molecule has 1 saturated heterocycles. The van der Waals surface area contributed by atoms with Crippen molar-refractivity contribution in [2.45, 2.75) is 117 Å².